The molecule has 0 aromatic heterocycles. The van der Waals surface area contributed by atoms with Crippen molar-refractivity contribution in [2.75, 3.05) is 13.7 Å². The van der Waals surface area contributed by atoms with E-state index in [0.29, 0.717) is 18.1 Å². The van der Waals surface area contributed by atoms with Gasteiger partial charge in [0.05, 0.1) is 18.8 Å². The Morgan fingerprint density at radius 2 is 2.00 bits per heavy atom. The summed E-state index contributed by atoms with van der Waals surface area (Å²) < 4.78 is 33.1. The Morgan fingerprint density at radius 3 is 2.67 bits per heavy atom. The van der Waals surface area contributed by atoms with E-state index in [-0.39, 0.29) is 12.1 Å². The Hall–Kier alpha value is -1.00. The largest absolute Gasteiger partial charge is 0.376 e. The van der Waals surface area contributed by atoms with Crippen molar-refractivity contribution >= 4 is 0 Å². The fourth-order valence-electron chi connectivity index (χ4n) is 3.00. The Morgan fingerprint density at radius 1 is 1.24 bits per heavy atom. The summed E-state index contributed by atoms with van der Waals surface area (Å²) in [6, 6.07) is 3.95. The van der Waals surface area contributed by atoms with Gasteiger partial charge < -0.3 is 10.1 Å². The zero-order valence-electron chi connectivity index (χ0n) is 13.0. The van der Waals surface area contributed by atoms with Crippen LogP contribution in [0.1, 0.15) is 44.7 Å². The molecule has 4 atom stereocenters. The molecule has 1 aromatic rings. The van der Waals surface area contributed by atoms with E-state index in [4.69, 9.17) is 4.74 Å². The molecule has 0 radical (unpaired) electrons. The Bertz CT molecular complexity index is 466. The van der Waals surface area contributed by atoms with Crippen LogP contribution in [0.5, 0.6) is 0 Å². The Labute approximate surface area is 125 Å². The fraction of sp³-hybridized carbons (Fsp3) is 0.647. The molecule has 2 nitrogen and oxygen atoms in total. The average Bonchev–Trinajstić information content (AvgIpc) is 2.47. The monoisotopic (exact) mass is 297 g/mol. The fourth-order valence-corrected chi connectivity index (χ4v) is 3.00. The first-order chi connectivity index (χ1) is 10.0. The second-order valence-corrected chi connectivity index (χ2v) is 6.21. The van der Waals surface area contributed by atoms with Crippen LogP contribution in [0.4, 0.5) is 8.78 Å². The molecule has 4 unspecified atom stereocenters. The van der Waals surface area contributed by atoms with Crippen molar-refractivity contribution in [3.63, 3.8) is 0 Å². The van der Waals surface area contributed by atoms with Crippen LogP contribution in [0.15, 0.2) is 18.2 Å². The van der Waals surface area contributed by atoms with Crippen molar-refractivity contribution in [2.24, 2.45) is 11.8 Å². The van der Waals surface area contributed by atoms with Crippen molar-refractivity contribution in [1.82, 2.24) is 5.32 Å². The van der Waals surface area contributed by atoms with Gasteiger partial charge in [-0.2, -0.15) is 0 Å². The molecule has 1 fully saturated rings. The van der Waals surface area contributed by atoms with Crippen molar-refractivity contribution in [3.05, 3.63) is 35.4 Å². The highest BCUT2D eigenvalue weighted by Gasteiger charge is 2.26. The lowest BCUT2D eigenvalue weighted by Gasteiger charge is -2.33. The van der Waals surface area contributed by atoms with E-state index in [2.05, 4.69) is 19.2 Å². The van der Waals surface area contributed by atoms with Crippen LogP contribution in [-0.4, -0.2) is 19.8 Å². The highest BCUT2D eigenvalue weighted by Crippen LogP contribution is 2.31. The van der Waals surface area contributed by atoms with E-state index >= 15 is 0 Å². The number of benzene rings is 1. The first-order valence-corrected chi connectivity index (χ1v) is 7.75. The predicted octanol–water partition coefficient (Wildman–Crippen LogP) is 4.07. The summed E-state index contributed by atoms with van der Waals surface area (Å²) in [5.74, 6) is -0.202. The van der Waals surface area contributed by atoms with Gasteiger partial charge in [0.2, 0.25) is 0 Å². The molecule has 0 amide bonds. The van der Waals surface area contributed by atoms with Crippen molar-refractivity contribution in [3.8, 4) is 0 Å². The molecule has 1 aliphatic rings. The number of likely N-dealkylation sites (N-methyl/N-ethyl adjacent to an activating group) is 1. The highest BCUT2D eigenvalue weighted by atomic mass is 19.2. The maximum absolute atomic E-state index is 13.8. The molecule has 21 heavy (non-hydrogen) atoms. The molecule has 2 rings (SSSR count). The van der Waals surface area contributed by atoms with Crippen LogP contribution in [-0.2, 0) is 4.74 Å². The number of rotatable bonds is 5. The van der Waals surface area contributed by atoms with Gasteiger partial charge in [-0.1, -0.05) is 26.0 Å². The summed E-state index contributed by atoms with van der Waals surface area (Å²) in [4.78, 5) is 0. The topological polar surface area (TPSA) is 21.3 Å². The number of ether oxygens (including phenoxy) is 1. The average molecular weight is 297 g/mol. The van der Waals surface area contributed by atoms with Crippen LogP contribution in [0.2, 0.25) is 0 Å². The maximum atomic E-state index is 13.8. The van der Waals surface area contributed by atoms with Gasteiger partial charge in [0.25, 0.3) is 0 Å². The van der Waals surface area contributed by atoms with E-state index in [1.807, 2.05) is 0 Å². The van der Waals surface area contributed by atoms with Crippen LogP contribution in [0.3, 0.4) is 0 Å². The van der Waals surface area contributed by atoms with E-state index in [1.165, 1.54) is 12.5 Å². The van der Waals surface area contributed by atoms with Crippen LogP contribution < -0.4 is 5.32 Å². The molecule has 1 aromatic carbocycles. The second kappa shape index (κ2) is 7.32. The quantitative estimate of drug-likeness (QED) is 0.884. The number of hydrogen-bond donors (Lipinski definition) is 1. The molecular formula is C17H25F2NO. The summed E-state index contributed by atoms with van der Waals surface area (Å²) in [6.45, 7) is 4.89. The molecule has 0 saturated heterocycles. The highest BCUT2D eigenvalue weighted by molar-refractivity contribution is 5.22. The maximum Gasteiger partial charge on any atom is 0.163 e. The molecule has 1 saturated carbocycles. The lowest BCUT2D eigenvalue weighted by atomic mass is 9.80. The number of halogens is 2. The molecular weight excluding hydrogens is 272 g/mol. The zero-order valence-corrected chi connectivity index (χ0v) is 13.0. The van der Waals surface area contributed by atoms with Crippen LogP contribution in [0.25, 0.3) is 0 Å². The van der Waals surface area contributed by atoms with Gasteiger partial charge in [-0.3, -0.25) is 0 Å². The summed E-state index contributed by atoms with van der Waals surface area (Å²) in [5, 5.41) is 3.01. The molecule has 0 aliphatic heterocycles. The lowest BCUT2D eigenvalue weighted by Crippen LogP contribution is -2.30. The van der Waals surface area contributed by atoms with E-state index in [9.17, 15) is 8.78 Å². The predicted molar refractivity (Wildman–Crippen MR) is 80.1 cm³/mol. The van der Waals surface area contributed by atoms with Crippen molar-refractivity contribution < 1.29 is 13.5 Å². The minimum atomic E-state index is -0.812. The summed E-state index contributed by atoms with van der Waals surface area (Å²) >= 11 is 0. The molecule has 4 heteroatoms. The van der Waals surface area contributed by atoms with Gasteiger partial charge in [0, 0.05) is 5.56 Å². The van der Waals surface area contributed by atoms with Crippen LogP contribution in [0, 0.1) is 23.5 Å². The molecule has 0 spiro atoms. The van der Waals surface area contributed by atoms with E-state index in [1.54, 1.807) is 13.1 Å². The SMILES string of the molecule is CNC(COC1CCC(C)C(C)C1)c1cccc(F)c1F. The first-order valence-electron chi connectivity index (χ1n) is 7.75. The standard InChI is InChI=1S/C17H25F2NO/c1-11-7-8-13(9-12(11)2)21-10-16(20-3)14-5-4-6-15(18)17(14)19/h4-6,11-13,16,20H,7-10H2,1-3H3. The third kappa shape index (κ3) is 4.01. The summed E-state index contributed by atoms with van der Waals surface area (Å²) in [5.41, 5.74) is 0.328. The third-order valence-electron chi connectivity index (χ3n) is 4.75. The number of hydrogen-bond acceptors (Lipinski definition) is 2. The van der Waals surface area contributed by atoms with Gasteiger partial charge in [0.15, 0.2) is 11.6 Å². The van der Waals surface area contributed by atoms with E-state index < -0.39 is 11.6 Å². The van der Waals surface area contributed by atoms with Gasteiger partial charge in [0.1, 0.15) is 0 Å². The molecule has 118 valence electrons. The first kappa shape index (κ1) is 16.4. The zero-order chi connectivity index (χ0) is 15.4. The number of nitrogens with one attached hydrogen (secondary N) is 1. The normalized spacial score (nSPS) is 27.6. The van der Waals surface area contributed by atoms with E-state index in [0.717, 1.165) is 24.8 Å². The van der Waals surface area contributed by atoms with Crippen molar-refractivity contribution in [1.29, 1.82) is 0 Å². The van der Waals surface area contributed by atoms with Gasteiger partial charge in [-0.05, 0) is 44.2 Å². The molecule has 1 aliphatic carbocycles. The van der Waals surface area contributed by atoms with Gasteiger partial charge >= 0.3 is 0 Å². The Balaban J connectivity index is 1.95. The summed E-state index contributed by atoms with van der Waals surface area (Å²) in [6.07, 6.45) is 3.49. The van der Waals surface area contributed by atoms with Gasteiger partial charge in [-0.25, -0.2) is 8.78 Å². The lowest BCUT2D eigenvalue weighted by molar-refractivity contribution is -0.00722. The minimum Gasteiger partial charge on any atom is -0.376 e. The molecule has 0 bridgehead atoms. The summed E-state index contributed by atoms with van der Waals surface area (Å²) in [7, 11) is 1.74. The molecule has 0 heterocycles. The third-order valence-corrected chi connectivity index (χ3v) is 4.75. The van der Waals surface area contributed by atoms with Crippen LogP contribution >= 0.6 is 0 Å². The molecule has 1 N–H and O–H groups in total. The smallest absolute Gasteiger partial charge is 0.163 e. The van der Waals surface area contributed by atoms with Gasteiger partial charge in [-0.15, -0.1) is 0 Å². The van der Waals surface area contributed by atoms with Crippen molar-refractivity contribution in [2.45, 2.75) is 45.3 Å². The second-order valence-electron chi connectivity index (χ2n) is 6.21. The minimum absolute atomic E-state index is 0.226. The Kier molecular flexibility index (Phi) is 5.71.